The van der Waals surface area contributed by atoms with E-state index in [1.807, 2.05) is 6.92 Å². The first-order chi connectivity index (χ1) is 9.20. The molecule has 1 heterocycles. The Hall–Kier alpha value is -2.30. The zero-order chi connectivity index (χ0) is 13.7. The van der Waals surface area contributed by atoms with Crippen LogP contribution in [0.3, 0.4) is 0 Å². The van der Waals surface area contributed by atoms with E-state index in [4.69, 9.17) is 15.2 Å². The maximum atomic E-state index is 13.0. The molecule has 2 rings (SSSR count). The van der Waals surface area contributed by atoms with Crippen LogP contribution in [0.5, 0.6) is 17.4 Å². The van der Waals surface area contributed by atoms with E-state index in [1.54, 1.807) is 18.3 Å². The highest BCUT2D eigenvalue weighted by Crippen LogP contribution is 2.32. The number of nitrogens with two attached hydrogens (primary N) is 1. The predicted octanol–water partition coefficient (Wildman–Crippen LogP) is 3.38. The molecule has 0 saturated heterocycles. The van der Waals surface area contributed by atoms with Crippen molar-refractivity contribution in [2.45, 2.75) is 13.3 Å². The Morgan fingerprint density at radius 1 is 1.26 bits per heavy atom. The second kappa shape index (κ2) is 6.04. The van der Waals surface area contributed by atoms with Gasteiger partial charge in [-0.25, -0.2) is 9.37 Å². The van der Waals surface area contributed by atoms with Gasteiger partial charge in [0, 0.05) is 12.3 Å². The summed E-state index contributed by atoms with van der Waals surface area (Å²) >= 11 is 0. The summed E-state index contributed by atoms with van der Waals surface area (Å²) in [5.74, 6) is 0.789. The highest BCUT2D eigenvalue weighted by molar-refractivity contribution is 5.54. The lowest BCUT2D eigenvalue weighted by Gasteiger charge is -2.11. The number of pyridine rings is 1. The number of anilines is 1. The van der Waals surface area contributed by atoms with Crippen LogP contribution < -0.4 is 15.2 Å². The van der Waals surface area contributed by atoms with Gasteiger partial charge in [-0.3, -0.25) is 0 Å². The number of halogens is 1. The minimum atomic E-state index is -0.409. The van der Waals surface area contributed by atoms with Crippen molar-refractivity contribution in [2.75, 3.05) is 12.3 Å². The molecule has 2 N–H and O–H groups in total. The number of hydrogen-bond acceptors (Lipinski definition) is 4. The van der Waals surface area contributed by atoms with Gasteiger partial charge in [0.25, 0.3) is 5.88 Å². The average Bonchev–Trinajstić information content (AvgIpc) is 2.41. The van der Waals surface area contributed by atoms with E-state index >= 15 is 0 Å². The van der Waals surface area contributed by atoms with Crippen LogP contribution in [0.4, 0.5) is 10.1 Å². The monoisotopic (exact) mass is 262 g/mol. The molecule has 0 aliphatic carbocycles. The summed E-state index contributed by atoms with van der Waals surface area (Å²) in [5, 5.41) is 0. The maximum Gasteiger partial charge on any atom is 0.262 e. The number of ether oxygens (including phenoxy) is 2. The molecule has 2 aromatic rings. The van der Waals surface area contributed by atoms with Gasteiger partial charge in [0.15, 0.2) is 11.5 Å². The number of nitrogen functional groups attached to an aromatic ring is 1. The molecule has 100 valence electrons. The predicted molar refractivity (Wildman–Crippen MR) is 70.9 cm³/mol. The Morgan fingerprint density at radius 3 is 2.84 bits per heavy atom. The van der Waals surface area contributed by atoms with Crippen LogP contribution in [-0.2, 0) is 0 Å². The highest BCUT2D eigenvalue weighted by atomic mass is 19.1. The number of nitrogens with zero attached hydrogens (tertiary/aromatic N) is 1. The smallest absolute Gasteiger partial charge is 0.262 e. The Morgan fingerprint density at radius 2 is 2.11 bits per heavy atom. The molecule has 0 unspecified atom stereocenters. The lowest BCUT2D eigenvalue weighted by Crippen LogP contribution is -2.00. The second-order valence-electron chi connectivity index (χ2n) is 3.94. The molecule has 0 atom stereocenters. The van der Waals surface area contributed by atoms with Gasteiger partial charge >= 0.3 is 0 Å². The summed E-state index contributed by atoms with van der Waals surface area (Å²) in [6.07, 6.45) is 2.47. The lowest BCUT2D eigenvalue weighted by atomic mass is 10.3. The SMILES string of the molecule is CCCOc1cccnc1Oc1ccc(F)cc1N. The van der Waals surface area contributed by atoms with Crippen molar-refractivity contribution in [2.24, 2.45) is 0 Å². The molecular weight excluding hydrogens is 247 g/mol. The van der Waals surface area contributed by atoms with Gasteiger partial charge in [0.2, 0.25) is 0 Å². The third kappa shape index (κ3) is 3.34. The molecule has 4 nitrogen and oxygen atoms in total. The molecule has 0 amide bonds. The molecule has 0 radical (unpaired) electrons. The van der Waals surface area contributed by atoms with Gasteiger partial charge in [0.05, 0.1) is 12.3 Å². The normalized spacial score (nSPS) is 10.2. The van der Waals surface area contributed by atoms with Gasteiger partial charge in [-0.1, -0.05) is 6.92 Å². The molecule has 1 aromatic heterocycles. The molecule has 0 fully saturated rings. The Kier molecular flexibility index (Phi) is 4.18. The van der Waals surface area contributed by atoms with Crippen molar-refractivity contribution in [1.82, 2.24) is 4.98 Å². The van der Waals surface area contributed by atoms with Crippen molar-refractivity contribution in [1.29, 1.82) is 0 Å². The molecule has 0 saturated carbocycles. The fourth-order valence-electron chi connectivity index (χ4n) is 1.49. The fourth-order valence-corrected chi connectivity index (χ4v) is 1.49. The molecule has 1 aromatic carbocycles. The van der Waals surface area contributed by atoms with Gasteiger partial charge < -0.3 is 15.2 Å². The molecule has 0 aliphatic heterocycles. The van der Waals surface area contributed by atoms with E-state index in [-0.39, 0.29) is 5.69 Å². The number of rotatable bonds is 5. The molecule has 0 aliphatic rings. The molecule has 5 heteroatoms. The maximum absolute atomic E-state index is 13.0. The summed E-state index contributed by atoms with van der Waals surface area (Å²) in [5.41, 5.74) is 5.90. The third-order valence-corrected chi connectivity index (χ3v) is 2.38. The third-order valence-electron chi connectivity index (χ3n) is 2.38. The Bertz CT molecular complexity index is 561. The van der Waals surface area contributed by atoms with Crippen molar-refractivity contribution in [3.8, 4) is 17.4 Å². The van der Waals surface area contributed by atoms with Gasteiger partial charge in [-0.2, -0.15) is 0 Å². The second-order valence-corrected chi connectivity index (χ2v) is 3.94. The zero-order valence-corrected chi connectivity index (χ0v) is 10.6. The number of aromatic nitrogens is 1. The van der Waals surface area contributed by atoms with Crippen LogP contribution in [0.25, 0.3) is 0 Å². The van der Waals surface area contributed by atoms with Crippen LogP contribution in [0.2, 0.25) is 0 Å². The van der Waals surface area contributed by atoms with Crippen molar-refractivity contribution in [3.05, 3.63) is 42.3 Å². The minimum absolute atomic E-state index is 0.215. The van der Waals surface area contributed by atoms with Gasteiger partial charge in [-0.05, 0) is 30.7 Å². The van der Waals surface area contributed by atoms with E-state index in [2.05, 4.69) is 4.98 Å². The van der Waals surface area contributed by atoms with Crippen molar-refractivity contribution < 1.29 is 13.9 Å². The molecule has 19 heavy (non-hydrogen) atoms. The number of hydrogen-bond donors (Lipinski definition) is 1. The largest absolute Gasteiger partial charge is 0.488 e. The summed E-state index contributed by atoms with van der Waals surface area (Å²) in [6.45, 7) is 2.58. The topological polar surface area (TPSA) is 57.4 Å². The Labute approximate surface area is 111 Å². The van der Waals surface area contributed by atoms with E-state index in [0.717, 1.165) is 6.42 Å². The van der Waals surface area contributed by atoms with E-state index < -0.39 is 5.82 Å². The Balaban J connectivity index is 2.22. The standard InChI is InChI=1S/C14H15FN2O2/c1-2-8-18-13-4-3-7-17-14(13)19-12-6-5-10(15)9-11(12)16/h3-7,9H,2,8,16H2,1H3. The van der Waals surface area contributed by atoms with E-state index in [9.17, 15) is 4.39 Å². The number of benzene rings is 1. The van der Waals surface area contributed by atoms with Crippen LogP contribution in [-0.4, -0.2) is 11.6 Å². The first kappa shape index (κ1) is 13.1. The minimum Gasteiger partial charge on any atom is -0.488 e. The summed E-state index contributed by atoms with van der Waals surface area (Å²) in [7, 11) is 0. The van der Waals surface area contributed by atoms with Crippen LogP contribution >= 0.6 is 0 Å². The average molecular weight is 262 g/mol. The van der Waals surface area contributed by atoms with Crippen LogP contribution in [0, 0.1) is 5.82 Å². The molecule has 0 spiro atoms. The first-order valence-electron chi connectivity index (χ1n) is 6.01. The zero-order valence-electron chi connectivity index (χ0n) is 10.6. The fraction of sp³-hybridized carbons (Fsp3) is 0.214. The van der Waals surface area contributed by atoms with Crippen LogP contribution in [0.1, 0.15) is 13.3 Å². The van der Waals surface area contributed by atoms with Crippen LogP contribution in [0.15, 0.2) is 36.5 Å². The van der Waals surface area contributed by atoms with E-state index in [0.29, 0.717) is 24.0 Å². The molecular formula is C14H15FN2O2. The summed E-state index contributed by atoms with van der Waals surface area (Å²) in [6, 6.07) is 7.46. The van der Waals surface area contributed by atoms with Gasteiger partial charge in [-0.15, -0.1) is 0 Å². The summed E-state index contributed by atoms with van der Waals surface area (Å²) < 4.78 is 24.0. The first-order valence-corrected chi connectivity index (χ1v) is 6.01. The van der Waals surface area contributed by atoms with E-state index in [1.165, 1.54) is 18.2 Å². The summed E-state index contributed by atoms with van der Waals surface area (Å²) in [4.78, 5) is 4.09. The lowest BCUT2D eigenvalue weighted by molar-refractivity contribution is 0.298. The quantitative estimate of drug-likeness (QED) is 0.839. The van der Waals surface area contributed by atoms with Gasteiger partial charge in [0.1, 0.15) is 5.82 Å². The van der Waals surface area contributed by atoms with Crippen molar-refractivity contribution in [3.63, 3.8) is 0 Å². The highest BCUT2D eigenvalue weighted by Gasteiger charge is 2.09. The van der Waals surface area contributed by atoms with Crippen molar-refractivity contribution >= 4 is 5.69 Å². The molecule has 0 bridgehead atoms.